The number of alkyl carbamates (subject to hydrolysis) is 1. The topological polar surface area (TPSA) is 75.6 Å². The lowest BCUT2D eigenvalue weighted by Crippen LogP contribution is -2.27. The van der Waals surface area contributed by atoms with Crippen molar-refractivity contribution >= 4 is 28.3 Å². The highest BCUT2D eigenvalue weighted by Gasteiger charge is 2.15. The van der Waals surface area contributed by atoms with E-state index in [4.69, 9.17) is 4.74 Å². The van der Waals surface area contributed by atoms with Crippen molar-refractivity contribution in [3.63, 3.8) is 0 Å². The van der Waals surface area contributed by atoms with Crippen molar-refractivity contribution in [3.8, 4) is 0 Å². The average Bonchev–Trinajstić information content (AvgIpc) is 3.45. The van der Waals surface area contributed by atoms with Gasteiger partial charge in [-0.05, 0) is 61.4 Å². The summed E-state index contributed by atoms with van der Waals surface area (Å²) in [6.45, 7) is 4.10. The molecule has 1 amide bonds. The largest absolute Gasteiger partial charge is 0.445 e. The summed E-state index contributed by atoms with van der Waals surface area (Å²) in [5.74, 6) is 0. The molecule has 2 N–H and O–H groups in total. The number of hydrogen-bond donors (Lipinski definition) is 2. The van der Waals surface area contributed by atoms with E-state index < -0.39 is 6.09 Å². The maximum absolute atomic E-state index is 12.1. The third kappa shape index (κ3) is 5.49. The Morgan fingerprint density at radius 3 is 2.84 bits per heavy atom. The van der Waals surface area contributed by atoms with Gasteiger partial charge in [-0.1, -0.05) is 42.5 Å². The van der Waals surface area contributed by atoms with E-state index in [1.807, 2.05) is 49.6 Å². The second kappa shape index (κ2) is 9.75. The third-order valence-corrected chi connectivity index (χ3v) is 6.11. The fourth-order valence-electron chi connectivity index (χ4n) is 3.54. The molecule has 0 spiro atoms. The van der Waals surface area contributed by atoms with Crippen molar-refractivity contribution in [3.05, 3.63) is 81.9 Å². The number of carbonyl (C=O) groups excluding carboxylic acids is 1. The van der Waals surface area contributed by atoms with Crippen LogP contribution in [0.3, 0.4) is 0 Å². The number of aromatic nitrogens is 1. The summed E-state index contributed by atoms with van der Waals surface area (Å²) in [7, 11) is 0. The fourth-order valence-corrected chi connectivity index (χ4v) is 4.29. The molecule has 160 valence electrons. The van der Waals surface area contributed by atoms with Crippen molar-refractivity contribution in [2.24, 2.45) is 5.10 Å². The maximum atomic E-state index is 12.1. The number of nitrogens with one attached hydrogen (secondary N) is 2. The van der Waals surface area contributed by atoms with E-state index in [2.05, 4.69) is 39.0 Å². The number of fused-ring (bicyclic) bond motifs is 1. The molecular weight excluding hydrogens is 408 g/mol. The van der Waals surface area contributed by atoms with Gasteiger partial charge in [0.15, 0.2) is 0 Å². The molecule has 1 atom stereocenters. The fraction of sp³-hybridized carbons (Fsp3) is 0.292. The quantitative estimate of drug-likeness (QED) is 0.383. The van der Waals surface area contributed by atoms with Crippen LogP contribution in [-0.4, -0.2) is 16.8 Å². The highest BCUT2D eigenvalue weighted by Crippen LogP contribution is 2.24. The number of hydrogen-bond acceptors (Lipinski definition) is 6. The van der Waals surface area contributed by atoms with Crippen LogP contribution < -0.4 is 10.7 Å². The molecule has 0 saturated heterocycles. The van der Waals surface area contributed by atoms with Gasteiger partial charge in [-0.2, -0.15) is 5.10 Å². The lowest BCUT2D eigenvalue weighted by molar-refractivity contribution is 0.136. The van der Waals surface area contributed by atoms with Crippen molar-refractivity contribution in [2.45, 2.75) is 45.8 Å². The van der Waals surface area contributed by atoms with Crippen LogP contribution in [-0.2, 0) is 24.2 Å². The van der Waals surface area contributed by atoms with Crippen LogP contribution >= 0.6 is 11.3 Å². The smallest absolute Gasteiger partial charge is 0.407 e. The van der Waals surface area contributed by atoms with Crippen LogP contribution in [0.2, 0.25) is 0 Å². The predicted octanol–water partition coefficient (Wildman–Crippen LogP) is 5.46. The summed E-state index contributed by atoms with van der Waals surface area (Å²) in [5.41, 5.74) is 9.68. The Morgan fingerprint density at radius 2 is 2.00 bits per heavy atom. The summed E-state index contributed by atoms with van der Waals surface area (Å²) >= 11 is 1.45. The van der Waals surface area contributed by atoms with Gasteiger partial charge in [-0.25, -0.2) is 9.78 Å². The molecule has 31 heavy (non-hydrogen) atoms. The maximum Gasteiger partial charge on any atom is 0.407 e. The minimum absolute atomic E-state index is 0.236. The Morgan fingerprint density at radius 1 is 1.19 bits per heavy atom. The zero-order chi connectivity index (χ0) is 21.6. The van der Waals surface area contributed by atoms with Crippen molar-refractivity contribution in [1.82, 2.24) is 10.3 Å². The van der Waals surface area contributed by atoms with E-state index in [0.29, 0.717) is 5.13 Å². The molecule has 1 heterocycles. The van der Waals surface area contributed by atoms with Crippen molar-refractivity contribution in [2.75, 3.05) is 5.43 Å². The number of anilines is 1. The molecule has 1 aliphatic carbocycles. The van der Waals surface area contributed by atoms with Crippen LogP contribution in [0.1, 0.15) is 54.3 Å². The van der Waals surface area contributed by atoms with Crippen molar-refractivity contribution in [1.29, 1.82) is 0 Å². The van der Waals surface area contributed by atoms with Gasteiger partial charge in [-0.15, -0.1) is 11.3 Å². The first-order valence-corrected chi connectivity index (χ1v) is 11.3. The van der Waals surface area contributed by atoms with Crippen LogP contribution in [0.15, 0.2) is 59.0 Å². The van der Waals surface area contributed by atoms with E-state index >= 15 is 0 Å². The van der Waals surface area contributed by atoms with Gasteiger partial charge in [0.25, 0.3) is 0 Å². The number of nitrogens with zero attached hydrogens (tertiary/aromatic N) is 2. The first-order chi connectivity index (χ1) is 15.1. The Hall–Kier alpha value is -3.19. The summed E-state index contributed by atoms with van der Waals surface area (Å²) in [6.07, 6.45) is 3.10. The van der Waals surface area contributed by atoms with E-state index in [1.54, 1.807) is 0 Å². The molecule has 0 fully saturated rings. The van der Waals surface area contributed by atoms with Crippen LogP contribution in [0, 0.1) is 0 Å². The number of rotatable bonds is 7. The molecule has 0 bridgehead atoms. The lowest BCUT2D eigenvalue weighted by atomic mass is 10.0. The molecule has 0 saturated carbocycles. The van der Waals surface area contributed by atoms with E-state index in [9.17, 15) is 4.79 Å². The number of thiazole rings is 1. The van der Waals surface area contributed by atoms with Crippen LogP contribution in [0.25, 0.3) is 0 Å². The van der Waals surface area contributed by atoms with E-state index in [1.165, 1.54) is 35.3 Å². The molecule has 4 rings (SSSR count). The highest BCUT2D eigenvalue weighted by molar-refractivity contribution is 7.13. The molecule has 7 heteroatoms. The van der Waals surface area contributed by atoms with Crippen LogP contribution in [0.5, 0.6) is 0 Å². The SMILES string of the molecule is C/C(=N\Nc1nc([C@H](C)NC(=O)OCc2ccccc2)cs1)c1ccc2c(c1)CCC2. The normalized spacial score (nSPS) is 14.1. The minimum atomic E-state index is -0.468. The van der Waals surface area contributed by atoms with Gasteiger partial charge >= 0.3 is 6.09 Å². The van der Waals surface area contributed by atoms with E-state index in [0.717, 1.165) is 29.0 Å². The second-order valence-electron chi connectivity index (χ2n) is 7.65. The predicted molar refractivity (Wildman–Crippen MR) is 125 cm³/mol. The zero-order valence-electron chi connectivity index (χ0n) is 17.7. The Balaban J connectivity index is 1.30. The second-order valence-corrected chi connectivity index (χ2v) is 8.51. The summed E-state index contributed by atoms with van der Waals surface area (Å²) < 4.78 is 5.27. The molecule has 0 radical (unpaired) electrons. The number of carbonyl (C=O) groups is 1. The summed E-state index contributed by atoms with van der Waals surface area (Å²) in [6, 6.07) is 15.9. The molecule has 1 aromatic heterocycles. The zero-order valence-corrected chi connectivity index (χ0v) is 18.5. The van der Waals surface area contributed by atoms with Gasteiger partial charge in [-0.3, -0.25) is 5.43 Å². The summed E-state index contributed by atoms with van der Waals surface area (Å²) in [4.78, 5) is 16.6. The van der Waals surface area contributed by atoms with E-state index in [-0.39, 0.29) is 12.6 Å². The number of ether oxygens (including phenoxy) is 1. The number of amides is 1. The minimum Gasteiger partial charge on any atom is -0.445 e. The van der Waals surface area contributed by atoms with Crippen LogP contribution in [0.4, 0.5) is 9.93 Å². The molecule has 3 aromatic rings. The monoisotopic (exact) mass is 434 g/mol. The average molecular weight is 435 g/mol. The van der Waals surface area contributed by atoms with Gasteiger partial charge in [0, 0.05) is 5.38 Å². The Labute approximate surface area is 186 Å². The molecule has 0 aliphatic heterocycles. The molecule has 0 unspecified atom stereocenters. The summed E-state index contributed by atoms with van der Waals surface area (Å²) in [5, 5.41) is 9.89. The third-order valence-electron chi connectivity index (χ3n) is 5.35. The molecular formula is C24H26N4O2S. The number of benzene rings is 2. The highest BCUT2D eigenvalue weighted by atomic mass is 32.1. The van der Waals surface area contributed by atoms with Gasteiger partial charge in [0.1, 0.15) is 6.61 Å². The Bertz CT molecular complexity index is 1080. The standard InChI is InChI=1S/C24H26N4O2S/c1-16(20-12-11-19-9-6-10-21(19)13-20)27-28-23-26-22(15-31-23)17(2)25-24(29)30-14-18-7-4-3-5-8-18/h3-5,7-8,11-13,15,17H,6,9-10,14H2,1-2H3,(H,25,29)(H,26,28)/b27-16+/t17-/m0/s1. The van der Waals surface area contributed by atoms with Gasteiger partial charge in [0.2, 0.25) is 5.13 Å². The Kier molecular flexibility index (Phi) is 6.62. The first kappa shape index (κ1) is 21.1. The number of aryl methyl sites for hydroxylation is 2. The van der Waals surface area contributed by atoms with Gasteiger partial charge in [0.05, 0.1) is 17.4 Å². The number of hydrazone groups is 1. The molecule has 6 nitrogen and oxygen atoms in total. The first-order valence-electron chi connectivity index (χ1n) is 10.4. The molecule has 1 aliphatic rings. The molecule has 2 aromatic carbocycles. The van der Waals surface area contributed by atoms with Gasteiger partial charge < -0.3 is 10.1 Å². The lowest BCUT2D eigenvalue weighted by Gasteiger charge is -2.12. The van der Waals surface area contributed by atoms with Crippen molar-refractivity contribution < 1.29 is 9.53 Å².